The summed E-state index contributed by atoms with van der Waals surface area (Å²) in [4.78, 5) is 142. The van der Waals surface area contributed by atoms with Crippen LogP contribution in [0, 0.1) is 23.7 Å². The van der Waals surface area contributed by atoms with Crippen LogP contribution in [0.5, 0.6) is 0 Å². The van der Waals surface area contributed by atoms with Crippen LogP contribution < -0.4 is 48.3 Å². The number of thioether (sulfide) groups is 1. The number of nitrogens with one attached hydrogen (secondary N) is 8. The topological polar surface area (TPSA) is 350 Å². The van der Waals surface area contributed by atoms with Crippen LogP contribution in [-0.2, 0) is 52.7 Å². The van der Waals surface area contributed by atoms with Gasteiger partial charge in [-0.15, -0.1) is 0 Å². The smallest absolute Gasteiger partial charge is 0.305 e. The Morgan fingerprint density at radius 3 is 1.42 bits per heavy atom. The monoisotopic (exact) mass is 972 g/mol. The number of rotatable bonds is 32. The van der Waals surface area contributed by atoms with E-state index in [0.717, 1.165) is 11.8 Å². The van der Waals surface area contributed by atoms with Gasteiger partial charge in [-0.3, -0.25) is 52.7 Å². The minimum atomic E-state index is -1.72. The molecule has 0 heterocycles. The summed E-state index contributed by atoms with van der Waals surface area (Å²) in [5.41, 5.74) is 5.27. The minimum absolute atomic E-state index is 0.0630. The molecule has 22 nitrogen and oxygen atoms in total. The lowest BCUT2D eigenvalue weighted by Gasteiger charge is -2.28. The molecule has 0 aromatic carbocycles. The van der Waals surface area contributed by atoms with E-state index in [1.54, 1.807) is 48.5 Å². The number of carbonyl (C=O) groups excluding carboxylic acids is 10. The van der Waals surface area contributed by atoms with Gasteiger partial charge < -0.3 is 58.5 Å². The van der Waals surface area contributed by atoms with Crippen LogP contribution in [0.15, 0.2) is 0 Å². The number of carboxylic acids is 1. The first kappa shape index (κ1) is 61.7. The van der Waals surface area contributed by atoms with Gasteiger partial charge >= 0.3 is 5.97 Å². The number of aliphatic hydroxyl groups is 1. The highest BCUT2D eigenvalue weighted by Gasteiger charge is 2.35. The molecule has 0 aromatic heterocycles. The Labute approximate surface area is 398 Å². The Hall–Kier alpha value is -5.32. The summed E-state index contributed by atoms with van der Waals surface area (Å²) in [6.07, 6.45) is -2.00. The molecule has 0 bridgehead atoms. The third-order valence-corrected chi connectivity index (χ3v) is 11.0. The molecule has 9 amide bonds. The highest BCUT2D eigenvalue weighted by Crippen LogP contribution is 2.17. The van der Waals surface area contributed by atoms with Gasteiger partial charge in [-0.1, -0.05) is 73.6 Å². The third kappa shape index (κ3) is 26.6. The number of hydrogen-bond donors (Lipinski definition) is 11. The quantitative estimate of drug-likeness (QED) is 0.0379. The number of amides is 9. The number of primary amides is 1. The van der Waals surface area contributed by atoms with Crippen LogP contribution in [0.4, 0.5) is 0 Å². The summed E-state index contributed by atoms with van der Waals surface area (Å²) in [5, 5.41) is 39.3. The van der Waals surface area contributed by atoms with Gasteiger partial charge in [-0.05, 0) is 63.2 Å². The second-order valence-electron chi connectivity index (χ2n) is 18.2. The minimum Gasteiger partial charge on any atom is -0.481 e. The summed E-state index contributed by atoms with van der Waals surface area (Å²) in [5.74, 6) is -8.85. The normalized spacial score (nSPS) is 15.3. The van der Waals surface area contributed by atoms with Gasteiger partial charge in [0.1, 0.15) is 42.3 Å². The molecule has 0 radical (unpaired) electrons. The van der Waals surface area contributed by atoms with Gasteiger partial charge in [0.2, 0.25) is 58.3 Å². The number of nitrogens with two attached hydrogens (primary N) is 1. The Balaban J connectivity index is 6.25. The highest BCUT2D eigenvalue weighted by atomic mass is 32.2. The Bertz CT molecular complexity index is 1710. The first-order valence-electron chi connectivity index (χ1n) is 22.8. The predicted molar refractivity (Wildman–Crippen MR) is 250 cm³/mol. The average molecular weight is 972 g/mol. The van der Waals surface area contributed by atoms with E-state index in [9.17, 15) is 63.0 Å². The van der Waals surface area contributed by atoms with Crippen molar-refractivity contribution >= 4 is 76.0 Å². The zero-order chi connectivity index (χ0) is 51.7. The zero-order valence-electron chi connectivity index (χ0n) is 40.9. The van der Waals surface area contributed by atoms with Crippen LogP contribution in [0.3, 0.4) is 0 Å². The summed E-state index contributed by atoms with van der Waals surface area (Å²) in [6.45, 7) is 18.5. The molecule has 0 aliphatic carbocycles. The summed E-state index contributed by atoms with van der Waals surface area (Å²) >= 11 is 0.931. The van der Waals surface area contributed by atoms with Crippen molar-refractivity contribution in [3.63, 3.8) is 0 Å². The van der Waals surface area contributed by atoms with Gasteiger partial charge in [0.15, 0.2) is 0 Å². The van der Waals surface area contributed by atoms with E-state index in [-0.39, 0.29) is 85.5 Å². The van der Waals surface area contributed by atoms with E-state index in [0.29, 0.717) is 6.42 Å². The summed E-state index contributed by atoms with van der Waals surface area (Å²) in [6, 6.07) is -9.12. The molecule has 0 aliphatic rings. The van der Waals surface area contributed by atoms with Gasteiger partial charge in [0, 0.05) is 25.6 Å². The molecule has 0 unspecified atom stereocenters. The van der Waals surface area contributed by atoms with Crippen LogP contribution >= 0.6 is 11.8 Å². The van der Waals surface area contributed by atoms with Crippen LogP contribution in [0.1, 0.15) is 128 Å². The Kier molecular flexibility index (Phi) is 29.1. The lowest BCUT2D eigenvalue weighted by Crippen LogP contribution is -2.60. The molecule has 9 atom stereocenters. The van der Waals surface area contributed by atoms with Crippen LogP contribution in [0.2, 0.25) is 0 Å². The van der Waals surface area contributed by atoms with Gasteiger partial charge in [0.05, 0.1) is 18.9 Å². The molecule has 0 fully saturated rings. The maximum atomic E-state index is 13.8. The number of carbonyl (C=O) groups is 11. The number of carboxylic acid groups (broad SMARTS) is 1. The van der Waals surface area contributed by atoms with E-state index in [2.05, 4.69) is 42.5 Å². The first-order chi connectivity index (χ1) is 31.1. The third-order valence-electron chi connectivity index (χ3n) is 10.1. The number of hydrogen-bond acceptors (Lipinski definition) is 13. The molecular formula is C44H77N9O13S. The van der Waals surface area contributed by atoms with E-state index in [1.165, 1.54) is 20.8 Å². The maximum Gasteiger partial charge on any atom is 0.305 e. The van der Waals surface area contributed by atoms with Gasteiger partial charge in [-0.2, -0.15) is 0 Å². The van der Waals surface area contributed by atoms with E-state index in [4.69, 9.17) is 5.73 Å². The van der Waals surface area contributed by atoms with E-state index >= 15 is 0 Å². The van der Waals surface area contributed by atoms with Crippen molar-refractivity contribution in [2.24, 2.45) is 29.4 Å². The van der Waals surface area contributed by atoms with Crippen molar-refractivity contribution in [3.8, 4) is 0 Å². The van der Waals surface area contributed by atoms with E-state index < -0.39 is 108 Å². The molecule has 0 saturated carbocycles. The summed E-state index contributed by atoms with van der Waals surface area (Å²) in [7, 11) is 0. The van der Waals surface area contributed by atoms with Crippen molar-refractivity contribution in [3.05, 3.63) is 0 Å². The fourth-order valence-corrected chi connectivity index (χ4v) is 7.33. The van der Waals surface area contributed by atoms with Crippen molar-refractivity contribution in [2.45, 2.75) is 176 Å². The standard InChI is InChI=1S/C44H77N9O13S/c1-12-25(8)37(44(66)67-16-15-46-28(11)55)53-43(65)32(19-24(6)7)52-42(64)33(21-36(58)59)49-38(60)27(10)47-40(62)30(17-22(2)3)51-41(63)31(18-23(4)5)50-39(61)29(13-14-34(45)56)48-35(57)20-26(9)54/h22-27,29-33,37,54H,12-21H2,1-11H3,(H2,45,56)(H,46,55)(H,47,62)(H,48,57)(H,49,60)(H,50,61)(H,51,63)(H,52,64)(H,53,65)(H,58,59)/t25-,26+,27-,29-,30+,31-,32+,33-,37-/m0/s1. The molecule has 0 aromatic rings. The molecule has 0 spiro atoms. The fraction of sp³-hybridized carbons (Fsp3) is 0.750. The van der Waals surface area contributed by atoms with Crippen molar-refractivity contribution < 1.29 is 63.0 Å². The molecule has 67 heavy (non-hydrogen) atoms. The summed E-state index contributed by atoms with van der Waals surface area (Å²) < 4.78 is 0. The average Bonchev–Trinajstić information content (AvgIpc) is 3.20. The van der Waals surface area contributed by atoms with Gasteiger partial charge in [-0.25, -0.2) is 0 Å². The molecule has 0 aliphatic heterocycles. The maximum absolute atomic E-state index is 13.8. The molecular weight excluding hydrogens is 895 g/mol. The largest absolute Gasteiger partial charge is 0.481 e. The van der Waals surface area contributed by atoms with Crippen molar-refractivity contribution in [1.82, 2.24) is 42.5 Å². The van der Waals surface area contributed by atoms with Crippen LogP contribution in [-0.4, -0.2) is 135 Å². The second-order valence-corrected chi connectivity index (χ2v) is 19.3. The van der Waals surface area contributed by atoms with Crippen LogP contribution in [0.25, 0.3) is 0 Å². The van der Waals surface area contributed by atoms with Gasteiger partial charge in [0.25, 0.3) is 0 Å². The second kappa shape index (κ2) is 31.6. The SMILES string of the molecule is CC[C@H](C)[C@H](NC(=O)[C@@H](CC(C)C)NC(=O)[C@H](CC(=O)O)NC(=O)[C@H](C)NC(=O)[C@@H](CC(C)C)NC(=O)[C@H](CC(C)C)NC(=O)[C@H](CCC(N)=O)NC(=O)C[C@@H](C)O)C(=O)SCCNC(C)=O. The number of aliphatic carboxylic acids is 1. The fourth-order valence-electron chi connectivity index (χ4n) is 6.45. The predicted octanol–water partition coefficient (Wildman–Crippen LogP) is -0.509. The Morgan fingerprint density at radius 2 is 1.00 bits per heavy atom. The Morgan fingerprint density at radius 1 is 0.567 bits per heavy atom. The lowest BCUT2D eigenvalue weighted by atomic mass is 9.98. The van der Waals surface area contributed by atoms with E-state index in [1.807, 2.05) is 6.92 Å². The zero-order valence-corrected chi connectivity index (χ0v) is 41.7. The first-order valence-corrected chi connectivity index (χ1v) is 23.8. The molecule has 0 rings (SSSR count). The highest BCUT2D eigenvalue weighted by molar-refractivity contribution is 8.13. The molecule has 23 heteroatoms. The number of aliphatic hydroxyl groups excluding tert-OH is 1. The van der Waals surface area contributed by atoms with Crippen molar-refractivity contribution in [2.75, 3.05) is 12.3 Å². The lowest BCUT2D eigenvalue weighted by molar-refractivity contribution is -0.141. The van der Waals surface area contributed by atoms with Crippen molar-refractivity contribution in [1.29, 1.82) is 0 Å². The molecule has 382 valence electrons. The molecule has 0 saturated heterocycles. The molecule has 12 N–H and O–H groups in total.